The highest BCUT2D eigenvalue weighted by atomic mass is 16.7. The van der Waals surface area contributed by atoms with Crippen molar-refractivity contribution in [2.45, 2.75) is 13.1 Å². The van der Waals surface area contributed by atoms with Crippen molar-refractivity contribution < 1.29 is 23.7 Å². The zero-order valence-corrected chi connectivity index (χ0v) is 12.4. The fourth-order valence-electron chi connectivity index (χ4n) is 3.07. The molecule has 0 N–H and O–H groups in total. The van der Waals surface area contributed by atoms with E-state index in [1.807, 2.05) is 24.3 Å². The van der Waals surface area contributed by atoms with Gasteiger partial charge in [0.2, 0.25) is 13.6 Å². The number of hydrogen-bond acceptors (Lipinski definition) is 6. The highest BCUT2D eigenvalue weighted by Gasteiger charge is 2.24. The second-order valence-corrected chi connectivity index (χ2v) is 5.76. The van der Waals surface area contributed by atoms with Crippen LogP contribution in [0, 0.1) is 0 Å². The van der Waals surface area contributed by atoms with Crippen molar-refractivity contribution in [2.75, 3.05) is 20.3 Å². The van der Waals surface area contributed by atoms with Gasteiger partial charge in [-0.25, -0.2) is 0 Å². The van der Waals surface area contributed by atoms with Crippen LogP contribution in [0.2, 0.25) is 0 Å². The van der Waals surface area contributed by atoms with Gasteiger partial charge in [0.05, 0.1) is 0 Å². The molecule has 0 amide bonds. The molecule has 3 aliphatic heterocycles. The van der Waals surface area contributed by atoms with Crippen LogP contribution in [0.5, 0.6) is 28.7 Å². The zero-order chi connectivity index (χ0) is 15.2. The molecule has 2 aromatic carbocycles. The molecular weight excluding hydrogens is 298 g/mol. The molecule has 5 rings (SSSR count). The summed E-state index contributed by atoms with van der Waals surface area (Å²) in [6.45, 7) is 2.71. The summed E-state index contributed by atoms with van der Waals surface area (Å²) in [4.78, 5) is 2.22. The first-order valence-electron chi connectivity index (χ1n) is 7.51. The third-order valence-electron chi connectivity index (χ3n) is 4.20. The van der Waals surface area contributed by atoms with Gasteiger partial charge in [0.15, 0.2) is 23.0 Å². The standard InChI is InChI=1S/C17H15NO5/c1-2-13-15(21-9-20-13)3-11(1)6-18-7-12-4-16-17(23-10-22-16)5-14(12)19-8-18/h1-5H,6-10H2. The van der Waals surface area contributed by atoms with Gasteiger partial charge in [0.1, 0.15) is 12.5 Å². The Morgan fingerprint density at radius 1 is 0.739 bits per heavy atom. The molecule has 0 aromatic heterocycles. The number of nitrogens with zero attached hydrogens (tertiary/aromatic N) is 1. The molecule has 0 aliphatic carbocycles. The first kappa shape index (κ1) is 12.9. The zero-order valence-electron chi connectivity index (χ0n) is 12.4. The summed E-state index contributed by atoms with van der Waals surface area (Å²) in [6.07, 6.45) is 0. The molecule has 0 spiro atoms. The molecule has 0 saturated heterocycles. The Hall–Kier alpha value is -2.60. The molecule has 3 aliphatic rings. The third kappa shape index (κ3) is 2.22. The average molecular weight is 313 g/mol. The molecule has 118 valence electrons. The van der Waals surface area contributed by atoms with Crippen molar-refractivity contribution in [3.8, 4) is 28.7 Å². The van der Waals surface area contributed by atoms with E-state index in [1.54, 1.807) is 0 Å². The van der Waals surface area contributed by atoms with Gasteiger partial charge in [-0.2, -0.15) is 0 Å². The fraction of sp³-hybridized carbons (Fsp3) is 0.294. The fourth-order valence-corrected chi connectivity index (χ4v) is 3.07. The lowest BCUT2D eigenvalue weighted by Crippen LogP contribution is -2.31. The van der Waals surface area contributed by atoms with Crippen LogP contribution < -0.4 is 23.7 Å². The van der Waals surface area contributed by atoms with E-state index in [0.29, 0.717) is 13.5 Å². The lowest BCUT2D eigenvalue weighted by molar-refractivity contribution is 0.0884. The number of ether oxygens (including phenoxy) is 5. The topological polar surface area (TPSA) is 49.4 Å². The molecule has 2 aromatic rings. The third-order valence-corrected chi connectivity index (χ3v) is 4.20. The SMILES string of the molecule is c1cc2c(cc1CN1COc3cc4c(cc3C1)OCO4)OCO2. The van der Waals surface area contributed by atoms with E-state index >= 15 is 0 Å². The molecule has 23 heavy (non-hydrogen) atoms. The molecule has 0 fully saturated rings. The number of rotatable bonds is 2. The summed E-state index contributed by atoms with van der Waals surface area (Å²) < 4.78 is 27.5. The van der Waals surface area contributed by atoms with Gasteiger partial charge in [0.25, 0.3) is 0 Å². The van der Waals surface area contributed by atoms with E-state index in [0.717, 1.165) is 47.4 Å². The normalized spacial score (nSPS) is 17.7. The molecule has 0 unspecified atom stereocenters. The lowest BCUT2D eigenvalue weighted by Gasteiger charge is -2.29. The lowest BCUT2D eigenvalue weighted by atomic mass is 10.1. The summed E-state index contributed by atoms with van der Waals surface area (Å²) in [5.74, 6) is 4.03. The second-order valence-electron chi connectivity index (χ2n) is 5.76. The van der Waals surface area contributed by atoms with Crippen LogP contribution in [-0.2, 0) is 13.1 Å². The largest absolute Gasteiger partial charge is 0.478 e. The molecule has 0 saturated carbocycles. The van der Waals surface area contributed by atoms with E-state index in [9.17, 15) is 0 Å². The summed E-state index contributed by atoms with van der Waals surface area (Å²) in [5, 5.41) is 0. The minimum atomic E-state index is 0.277. The van der Waals surface area contributed by atoms with E-state index in [-0.39, 0.29) is 6.79 Å². The number of hydrogen-bond donors (Lipinski definition) is 0. The van der Waals surface area contributed by atoms with Crippen LogP contribution in [0.1, 0.15) is 11.1 Å². The minimum Gasteiger partial charge on any atom is -0.478 e. The summed E-state index contributed by atoms with van der Waals surface area (Å²) in [5.41, 5.74) is 2.28. The van der Waals surface area contributed by atoms with Crippen LogP contribution in [-0.4, -0.2) is 25.2 Å². The van der Waals surface area contributed by atoms with E-state index in [2.05, 4.69) is 11.0 Å². The van der Waals surface area contributed by atoms with Gasteiger partial charge >= 0.3 is 0 Å². The maximum Gasteiger partial charge on any atom is 0.231 e. The molecule has 0 radical (unpaired) electrons. The summed E-state index contributed by atoms with van der Waals surface area (Å²) in [7, 11) is 0. The highest BCUT2D eigenvalue weighted by molar-refractivity contribution is 5.52. The average Bonchev–Trinajstić information content (AvgIpc) is 3.20. The van der Waals surface area contributed by atoms with Crippen LogP contribution in [0.4, 0.5) is 0 Å². The van der Waals surface area contributed by atoms with Crippen molar-refractivity contribution in [1.29, 1.82) is 0 Å². The monoisotopic (exact) mass is 313 g/mol. The smallest absolute Gasteiger partial charge is 0.231 e. The first-order valence-corrected chi connectivity index (χ1v) is 7.51. The Labute approximate surface area is 133 Å². The second kappa shape index (κ2) is 4.96. The maximum atomic E-state index is 5.86. The van der Waals surface area contributed by atoms with E-state index in [4.69, 9.17) is 23.7 Å². The van der Waals surface area contributed by atoms with Gasteiger partial charge < -0.3 is 23.7 Å². The molecular formula is C17H15NO5. The molecule has 0 bridgehead atoms. The van der Waals surface area contributed by atoms with Crippen LogP contribution >= 0.6 is 0 Å². The summed E-state index contributed by atoms with van der Waals surface area (Å²) in [6, 6.07) is 9.95. The van der Waals surface area contributed by atoms with Crippen molar-refractivity contribution in [1.82, 2.24) is 4.90 Å². The minimum absolute atomic E-state index is 0.277. The van der Waals surface area contributed by atoms with Gasteiger partial charge in [-0.05, 0) is 23.8 Å². The van der Waals surface area contributed by atoms with Crippen LogP contribution in [0.3, 0.4) is 0 Å². The van der Waals surface area contributed by atoms with Crippen LogP contribution in [0.25, 0.3) is 0 Å². The highest BCUT2D eigenvalue weighted by Crippen LogP contribution is 2.40. The number of benzene rings is 2. The van der Waals surface area contributed by atoms with Gasteiger partial charge in [0, 0.05) is 24.7 Å². The molecule has 3 heterocycles. The first-order chi connectivity index (χ1) is 11.3. The van der Waals surface area contributed by atoms with E-state index < -0.39 is 0 Å². The quantitative estimate of drug-likeness (QED) is 0.849. The maximum absolute atomic E-state index is 5.86. The van der Waals surface area contributed by atoms with Gasteiger partial charge in [-0.15, -0.1) is 0 Å². The van der Waals surface area contributed by atoms with Crippen molar-refractivity contribution in [2.24, 2.45) is 0 Å². The Morgan fingerprint density at radius 2 is 1.48 bits per heavy atom. The van der Waals surface area contributed by atoms with Crippen LogP contribution in [0.15, 0.2) is 30.3 Å². The van der Waals surface area contributed by atoms with E-state index in [1.165, 1.54) is 5.56 Å². The predicted molar refractivity (Wildman–Crippen MR) is 79.9 cm³/mol. The van der Waals surface area contributed by atoms with Crippen molar-refractivity contribution in [3.05, 3.63) is 41.5 Å². The Morgan fingerprint density at radius 3 is 2.35 bits per heavy atom. The predicted octanol–water partition coefficient (Wildman–Crippen LogP) is 2.50. The van der Waals surface area contributed by atoms with Gasteiger partial charge in [-0.1, -0.05) is 6.07 Å². The number of fused-ring (bicyclic) bond motifs is 3. The summed E-state index contributed by atoms with van der Waals surface area (Å²) >= 11 is 0. The Balaban J connectivity index is 1.35. The molecule has 6 nitrogen and oxygen atoms in total. The van der Waals surface area contributed by atoms with Gasteiger partial charge in [-0.3, -0.25) is 4.90 Å². The van der Waals surface area contributed by atoms with Crippen molar-refractivity contribution >= 4 is 0 Å². The Bertz CT molecular complexity index is 776. The molecule has 6 heteroatoms. The molecule has 0 atom stereocenters. The Kier molecular flexibility index (Phi) is 2.78. The van der Waals surface area contributed by atoms with Crippen molar-refractivity contribution in [3.63, 3.8) is 0 Å².